The second-order valence-electron chi connectivity index (χ2n) is 16.9. The summed E-state index contributed by atoms with van der Waals surface area (Å²) >= 11 is 0. The summed E-state index contributed by atoms with van der Waals surface area (Å²) in [5, 5.41) is 0. The van der Waals surface area contributed by atoms with E-state index in [4.69, 9.17) is 14.2 Å². The molecule has 0 heterocycles. The van der Waals surface area contributed by atoms with Crippen LogP contribution in [0.2, 0.25) is 0 Å². The average molecular weight is 811 g/mol. The Morgan fingerprint density at radius 1 is 0.407 bits per heavy atom. The third-order valence-electron chi connectivity index (χ3n) is 11.7. The van der Waals surface area contributed by atoms with Crippen molar-refractivity contribution in [3.8, 4) is 0 Å². The Morgan fingerprint density at radius 3 is 1.05 bits per heavy atom. The van der Waals surface area contributed by atoms with Crippen molar-refractivity contribution in [1.29, 1.82) is 0 Å². The molecule has 1 atom stereocenters. The summed E-state index contributed by atoms with van der Waals surface area (Å²) in [6.45, 7) is 4.57. The lowest BCUT2D eigenvalue weighted by molar-refractivity contribution is -0.165. The fourth-order valence-electron chi connectivity index (χ4n) is 8.18. The van der Waals surface area contributed by atoms with Gasteiger partial charge in [0.15, 0.2) is 6.10 Å². The number of hydrogen-bond donors (Lipinski definition) is 0. The predicted octanol–water partition coefficient (Wildman–Crippen LogP) is 15.4. The Bertz CT molecular complexity index is 1330. The van der Waals surface area contributed by atoms with Gasteiger partial charge in [-0.2, -0.15) is 0 Å². The van der Waals surface area contributed by atoms with Crippen LogP contribution in [0.15, 0.2) is 91.0 Å². The van der Waals surface area contributed by atoms with Gasteiger partial charge in [-0.3, -0.25) is 9.59 Å². The molecule has 0 amide bonds. The number of carbonyl (C=O) groups excluding carboxylic acids is 2. The van der Waals surface area contributed by atoms with Crippen molar-refractivity contribution in [3.05, 3.63) is 108 Å². The van der Waals surface area contributed by atoms with Crippen molar-refractivity contribution in [3.63, 3.8) is 0 Å². The molecule has 0 aliphatic carbocycles. The molecule has 0 aliphatic heterocycles. The molecule has 59 heavy (non-hydrogen) atoms. The summed E-state index contributed by atoms with van der Waals surface area (Å²) in [7, 11) is 0. The third-order valence-corrected chi connectivity index (χ3v) is 11.7. The van der Waals surface area contributed by atoms with E-state index in [0.29, 0.717) is 12.8 Å². The summed E-state index contributed by atoms with van der Waals surface area (Å²) in [6.07, 6.45) is 32.6. The van der Waals surface area contributed by atoms with E-state index in [1.165, 1.54) is 128 Å². The zero-order chi connectivity index (χ0) is 41.9. The van der Waals surface area contributed by atoms with Gasteiger partial charge in [-0.1, -0.05) is 259 Å². The molecule has 0 fully saturated rings. The van der Waals surface area contributed by atoms with Gasteiger partial charge in [0.05, 0.1) is 6.61 Å². The van der Waals surface area contributed by atoms with Gasteiger partial charge in [0, 0.05) is 12.8 Å². The summed E-state index contributed by atoms with van der Waals surface area (Å²) in [6, 6.07) is 30.6. The highest BCUT2D eigenvalue weighted by Gasteiger charge is 2.38. The lowest BCUT2D eigenvalue weighted by atomic mass is 9.80. The molecule has 328 valence electrons. The topological polar surface area (TPSA) is 61.8 Å². The maximum Gasteiger partial charge on any atom is 0.306 e. The smallest absolute Gasteiger partial charge is 0.306 e. The molecule has 0 saturated heterocycles. The van der Waals surface area contributed by atoms with Crippen LogP contribution in [0.4, 0.5) is 0 Å². The van der Waals surface area contributed by atoms with Crippen molar-refractivity contribution in [1.82, 2.24) is 0 Å². The minimum atomic E-state index is -0.970. The zero-order valence-electron chi connectivity index (χ0n) is 37.5. The van der Waals surface area contributed by atoms with Crippen LogP contribution in [-0.4, -0.2) is 31.3 Å². The van der Waals surface area contributed by atoms with Gasteiger partial charge in [0.2, 0.25) is 0 Å². The van der Waals surface area contributed by atoms with Gasteiger partial charge in [-0.05, 0) is 29.5 Å². The monoisotopic (exact) mass is 811 g/mol. The van der Waals surface area contributed by atoms with Gasteiger partial charge in [-0.15, -0.1) is 0 Å². The van der Waals surface area contributed by atoms with E-state index in [-0.39, 0.29) is 25.2 Å². The maximum absolute atomic E-state index is 13.3. The number of benzene rings is 3. The van der Waals surface area contributed by atoms with Gasteiger partial charge in [0.25, 0.3) is 0 Å². The first-order valence-corrected chi connectivity index (χ1v) is 24.3. The third kappa shape index (κ3) is 21.6. The summed E-state index contributed by atoms with van der Waals surface area (Å²) in [5.74, 6) is -0.509. The van der Waals surface area contributed by atoms with Crippen LogP contribution in [0.5, 0.6) is 0 Å². The Balaban J connectivity index is 1.52. The highest BCUT2D eigenvalue weighted by molar-refractivity contribution is 5.70. The van der Waals surface area contributed by atoms with E-state index in [1.807, 2.05) is 54.6 Å². The molecule has 0 unspecified atom stereocenters. The van der Waals surface area contributed by atoms with E-state index in [1.54, 1.807) is 0 Å². The second kappa shape index (κ2) is 33.3. The van der Waals surface area contributed by atoms with Crippen molar-refractivity contribution >= 4 is 11.9 Å². The van der Waals surface area contributed by atoms with E-state index in [9.17, 15) is 9.59 Å². The quantitative estimate of drug-likeness (QED) is 0.0330. The fourth-order valence-corrected chi connectivity index (χ4v) is 8.18. The van der Waals surface area contributed by atoms with Gasteiger partial charge in [0.1, 0.15) is 12.2 Å². The average Bonchev–Trinajstić information content (AvgIpc) is 3.27. The fraction of sp³-hybridized carbons (Fsp3) is 0.630. The highest BCUT2D eigenvalue weighted by atomic mass is 16.6. The Morgan fingerprint density at radius 2 is 0.712 bits per heavy atom. The molecule has 0 spiro atoms. The Hall–Kier alpha value is -3.44. The van der Waals surface area contributed by atoms with E-state index >= 15 is 0 Å². The highest BCUT2D eigenvalue weighted by Crippen LogP contribution is 2.40. The summed E-state index contributed by atoms with van der Waals surface area (Å²) in [5.41, 5.74) is 1.93. The van der Waals surface area contributed by atoms with E-state index < -0.39 is 11.7 Å². The number of carbonyl (C=O) groups is 2. The minimum absolute atomic E-state index is 0.0317. The van der Waals surface area contributed by atoms with Crippen LogP contribution in [0.25, 0.3) is 0 Å². The van der Waals surface area contributed by atoms with E-state index in [2.05, 4.69) is 50.2 Å². The molecule has 5 heteroatoms. The molecule has 5 nitrogen and oxygen atoms in total. The van der Waals surface area contributed by atoms with Crippen molar-refractivity contribution in [2.24, 2.45) is 0 Å². The van der Waals surface area contributed by atoms with Crippen LogP contribution >= 0.6 is 0 Å². The number of hydrogen-bond acceptors (Lipinski definition) is 5. The number of unbranched alkanes of at least 4 members (excludes halogenated alkanes) is 24. The molecule has 0 bridgehead atoms. The first-order valence-electron chi connectivity index (χ1n) is 24.3. The number of ether oxygens (including phenoxy) is 3. The Labute approximate surface area is 360 Å². The van der Waals surface area contributed by atoms with Crippen LogP contribution in [0.3, 0.4) is 0 Å². The van der Waals surface area contributed by atoms with Gasteiger partial charge >= 0.3 is 11.9 Å². The van der Waals surface area contributed by atoms with Gasteiger partial charge < -0.3 is 14.2 Å². The summed E-state index contributed by atoms with van der Waals surface area (Å²) < 4.78 is 18.9. The minimum Gasteiger partial charge on any atom is -0.462 e. The lowest BCUT2D eigenvalue weighted by Gasteiger charge is -2.37. The molecule has 0 saturated carbocycles. The van der Waals surface area contributed by atoms with Crippen LogP contribution in [0.1, 0.15) is 210 Å². The van der Waals surface area contributed by atoms with Gasteiger partial charge in [-0.25, -0.2) is 0 Å². The number of rotatable bonds is 37. The molecular weight excluding hydrogens is 729 g/mol. The van der Waals surface area contributed by atoms with Crippen molar-refractivity contribution in [2.45, 2.75) is 205 Å². The molecule has 0 aliphatic rings. The molecule has 3 rings (SSSR count). The predicted molar refractivity (Wildman–Crippen MR) is 247 cm³/mol. The molecule has 3 aromatic rings. The Kier molecular flexibility index (Phi) is 28.2. The number of esters is 2. The summed E-state index contributed by atoms with van der Waals surface area (Å²) in [4.78, 5) is 26.3. The van der Waals surface area contributed by atoms with Crippen LogP contribution in [-0.2, 0) is 29.4 Å². The zero-order valence-corrected chi connectivity index (χ0v) is 37.5. The molecular formula is C54H82O5. The standard InChI is InChI=1S/C54H82O5/c1-3-5-7-9-11-13-15-17-19-21-23-25-36-44-52(55)57-46-51(59-53(56)45-37-26-24-22-20-18-16-14-12-10-8-6-4-2)47-58-54(48-38-30-27-31-39-48,49-40-32-28-33-41-49)50-42-34-29-35-43-50/h27-35,38-43,51H,3-26,36-37,44-47H2,1-2H3/t51-/m1/s1. The molecule has 0 N–H and O–H groups in total. The van der Waals surface area contributed by atoms with Crippen molar-refractivity contribution in [2.75, 3.05) is 13.2 Å². The SMILES string of the molecule is CCCCCCCCCCCCCCCC(=O)OC[C@H](COC(c1ccccc1)(c1ccccc1)c1ccccc1)OC(=O)CCCCCCCCCCCCCCC. The maximum atomic E-state index is 13.3. The van der Waals surface area contributed by atoms with E-state index in [0.717, 1.165) is 55.2 Å². The lowest BCUT2D eigenvalue weighted by Crippen LogP contribution is -2.38. The van der Waals surface area contributed by atoms with Crippen molar-refractivity contribution < 1.29 is 23.8 Å². The molecule has 0 radical (unpaired) electrons. The largest absolute Gasteiger partial charge is 0.462 e. The molecule has 0 aromatic heterocycles. The van der Waals surface area contributed by atoms with Crippen LogP contribution < -0.4 is 0 Å². The molecule has 3 aromatic carbocycles. The normalized spacial score (nSPS) is 12.0. The first kappa shape index (κ1) is 49.9. The van der Waals surface area contributed by atoms with Crippen LogP contribution in [0, 0.1) is 0 Å². The first-order chi connectivity index (χ1) is 29.1. The second-order valence-corrected chi connectivity index (χ2v) is 16.9.